The number of para-hydroxylation sites is 1. The average Bonchev–Trinajstić information content (AvgIpc) is 2.47. The van der Waals surface area contributed by atoms with Gasteiger partial charge in [0.25, 0.3) is 0 Å². The lowest BCUT2D eigenvalue weighted by atomic mass is 10.1. The van der Waals surface area contributed by atoms with Gasteiger partial charge in [-0.3, -0.25) is 0 Å². The van der Waals surface area contributed by atoms with Gasteiger partial charge in [0.2, 0.25) is 0 Å². The molecule has 0 aromatic heterocycles. The van der Waals surface area contributed by atoms with Gasteiger partial charge in [0, 0.05) is 5.56 Å². The maximum Gasteiger partial charge on any atom is 0.124 e. The van der Waals surface area contributed by atoms with Gasteiger partial charge in [0.1, 0.15) is 23.9 Å². The van der Waals surface area contributed by atoms with Crippen molar-refractivity contribution < 1.29 is 13.9 Å². The number of hydrogen-bond acceptors (Lipinski definition) is 3. The van der Waals surface area contributed by atoms with Crippen LogP contribution in [0.1, 0.15) is 24.1 Å². The van der Waals surface area contributed by atoms with Crippen LogP contribution in [0.5, 0.6) is 11.5 Å². The molecule has 21 heavy (non-hydrogen) atoms. The Morgan fingerprint density at radius 3 is 2.57 bits per heavy atom. The van der Waals surface area contributed by atoms with Crippen LogP contribution >= 0.6 is 0 Å². The smallest absolute Gasteiger partial charge is 0.124 e. The number of aryl methyl sites for hydroxylation is 1. The van der Waals surface area contributed by atoms with E-state index in [9.17, 15) is 4.39 Å². The summed E-state index contributed by atoms with van der Waals surface area (Å²) < 4.78 is 24.3. The van der Waals surface area contributed by atoms with Crippen molar-refractivity contribution in [2.75, 3.05) is 13.2 Å². The highest BCUT2D eigenvalue weighted by Gasteiger charge is 2.13. The van der Waals surface area contributed by atoms with Crippen LogP contribution in [0.15, 0.2) is 42.5 Å². The Balaban J connectivity index is 2.06. The van der Waals surface area contributed by atoms with Gasteiger partial charge in [-0.1, -0.05) is 18.2 Å². The predicted octanol–water partition coefficient (Wildman–Crippen LogP) is 3.61. The zero-order valence-corrected chi connectivity index (χ0v) is 12.3. The second-order valence-electron chi connectivity index (χ2n) is 4.80. The summed E-state index contributed by atoms with van der Waals surface area (Å²) in [6, 6.07) is 11.8. The third-order valence-electron chi connectivity index (χ3n) is 3.17. The van der Waals surface area contributed by atoms with E-state index < -0.39 is 0 Å². The van der Waals surface area contributed by atoms with Crippen LogP contribution < -0.4 is 15.2 Å². The maximum absolute atomic E-state index is 13.1. The number of nitrogens with two attached hydrogens (primary N) is 1. The molecule has 0 spiro atoms. The minimum Gasteiger partial charge on any atom is -0.494 e. The molecule has 112 valence electrons. The van der Waals surface area contributed by atoms with Crippen molar-refractivity contribution in [3.8, 4) is 11.5 Å². The molecule has 0 aliphatic heterocycles. The van der Waals surface area contributed by atoms with Crippen LogP contribution in [-0.4, -0.2) is 13.2 Å². The van der Waals surface area contributed by atoms with Crippen LogP contribution in [0.4, 0.5) is 4.39 Å². The predicted molar refractivity (Wildman–Crippen MR) is 81.2 cm³/mol. The summed E-state index contributed by atoms with van der Waals surface area (Å²) in [6.07, 6.45) is 0. The normalized spacial score (nSPS) is 12.0. The first-order valence-corrected chi connectivity index (χ1v) is 6.98. The van der Waals surface area contributed by atoms with E-state index >= 15 is 0 Å². The molecule has 0 heterocycles. The van der Waals surface area contributed by atoms with Gasteiger partial charge in [-0.15, -0.1) is 0 Å². The van der Waals surface area contributed by atoms with Crippen molar-refractivity contribution in [3.05, 3.63) is 59.4 Å². The third-order valence-corrected chi connectivity index (χ3v) is 3.17. The first kappa shape index (κ1) is 15.3. The lowest BCUT2D eigenvalue weighted by Gasteiger charge is -2.18. The largest absolute Gasteiger partial charge is 0.494 e. The minimum absolute atomic E-state index is 0.272. The minimum atomic E-state index is -0.308. The fraction of sp³-hybridized carbons (Fsp3) is 0.294. The summed E-state index contributed by atoms with van der Waals surface area (Å²) >= 11 is 0. The molecule has 2 N–H and O–H groups in total. The summed E-state index contributed by atoms with van der Waals surface area (Å²) in [7, 11) is 0. The molecule has 0 bridgehead atoms. The van der Waals surface area contributed by atoms with E-state index in [1.165, 1.54) is 12.1 Å². The summed E-state index contributed by atoms with van der Waals surface area (Å²) in [6.45, 7) is 4.62. The maximum atomic E-state index is 13.1. The molecule has 0 aliphatic carbocycles. The quantitative estimate of drug-likeness (QED) is 0.883. The topological polar surface area (TPSA) is 44.5 Å². The van der Waals surface area contributed by atoms with E-state index in [-0.39, 0.29) is 11.9 Å². The molecule has 0 radical (unpaired) electrons. The Labute approximate surface area is 124 Å². The summed E-state index contributed by atoms with van der Waals surface area (Å²) in [5.74, 6) is 1.14. The lowest BCUT2D eigenvalue weighted by Crippen LogP contribution is -2.20. The van der Waals surface area contributed by atoms with Crippen LogP contribution in [0.2, 0.25) is 0 Å². The van der Waals surface area contributed by atoms with Crippen molar-refractivity contribution in [1.82, 2.24) is 0 Å². The molecule has 0 amide bonds. The second-order valence-corrected chi connectivity index (χ2v) is 4.80. The zero-order chi connectivity index (χ0) is 15.2. The molecule has 2 rings (SSSR count). The Morgan fingerprint density at radius 2 is 1.86 bits per heavy atom. The van der Waals surface area contributed by atoms with Gasteiger partial charge in [-0.2, -0.15) is 0 Å². The number of halogens is 1. The third kappa shape index (κ3) is 3.95. The summed E-state index contributed by atoms with van der Waals surface area (Å²) in [5, 5.41) is 0. The monoisotopic (exact) mass is 289 g/mol. The average molecular weight is 289 g/mol. The fourth-order valence-electron chi connectivity index (χ4n) is 2.12. The SMILES string of the molecule is CCOc1ccccc1C(N)COc1ccc(F)cc1C. The first-order chi connectivity index (χ1) is 10.1. The Bertz CT molecular complexity index is 601. The van der Waals surface area contributed by atoms with E-state index in [2.05, 4.69) is 0 Å². The fourth-order valence-corrected chi connectivity index (χ4v) is 2.12. The van der Waals surface area contributed by atoms with Crippen molar-refractivity contribution in [2.24, 2.45) is 5.73 Å². The number of rotatable bonds is 6. The van der Waals surface area contributed by atoms with E-state index in [0.717, 1.165) is 16.9 Å². The van der Waals surface area contributed by atoms with Crippen LogP contribution in [0.25, 0.3) is 0 Å². The molecule has 2 aromatic carbocycles. The Morgan fingerprint density at radius 1 is 1.10 bits per heavy atom. The zero-order valence-electron chi connectivity index (χ0n) is 12.3. The molecule has 0 saturated carbocycles. The van der Waals surface area contributed by atoms with E-state index in [0.29, 0.717) is 19.0 Å². The van der Waals surface area contributed by atoms with E-state index in [4.69, 9.17) is 15.2 Å². The first-order valence-electron chi connectivity index (χ1n) is 6.98. The van der Waals surface area contributed by atoms with Gasteiger partial charge < -0.3 is 15.2 Å². The van der Waals surface area contributed by atoms with Gasteiger partial charge in [-0.25, -0.2) is 4.39 Å². The molecule has 0 aliphatic rings. The molecular weight excluding hydrogens is 269 g/mol. The number of hydrogen-bond donors (Lipinski definition) is 1. The van der Waals surface area contributed by atoms with Gasteiger partial charge in [-0.05, 0) is 43.7 Å². The second kappa shape index (κ2) is 7.09. The highest BCUT2D eigenvalue weighted by atomic mass is 19.1. The van der Waals surface area contributed by atoms with Crippen LogP contribution in [-0.2, 0) is 0 Å². The summed E-state index contributed by atoms with van der Waals surface area (Å²) in [4.78, 5) is 0. The molecule has 2 aromatic rings. The molecule has 1 unspecified atom stereocenters. The molecule has 4 heteroatoms. The molecule has 0 fully saturated rings. The molecular formula is C17H20FNO2. The number of benzene rings is 2. The van der Waals surface area contributed by atoms with Crippen molar-refractivity contribution in [2.45, 2.75) is 19.9 Å². The van der Waals surface area contributed by atoms with Crippen LogP contribution in [0, 0.1) is 12.7 Å². The number of ether oxygens (including phenoxy) is 2. The molecule has 1 atom stereocenters. The van der Waals surface area contributed by atoms with Crippen LogP contribution in [0.3, 0.4) is 0 Å². The van der Waals surface area contributed by atoms with E-state index in [1.54, 1.807) is 13.0 Å². The highest BCUT2D eigenvalue weighted by Crippen LogP contribution is 2.25. The standard InChI is InChI=1S/C17H20FNO2/c1-3-20-17-7-5-4-6-14(17)15(19)11-21-16-9-8-13(18)10-12(16)2/h4-10,15H,3,11,19H2,1-2H3. The van der Waals surface area contributed by atoms with E-state index in [1.807, 2.05) is 31.2 Å². The highest BCUT2D eigenvalue weighted by molar-refractivity contribution is 5.36. The van der Waals surface area contributed by atoms with Gasteiger partial charge in [0.15, 0.2) is 0 Å². The Hall–Kier alpha value is -2.07. The van der Waals surface area contributed by atoms with Crippen molar-refractivity contribution in [1.29, 1.82) is 0 Å². The van der Waals surface area contributed by atoms with Crippen molar-refractivity contribution in [3.63, 3.8) is 0 Å². The van der Waals surface area contributed by atoms with Gasteiger partial charge in [0.05, 0.1) is 12.6 Å². The molecule has 0 saturated heterocycles. The molecule has 3 nitrogen and oxygen atoms in total. The lowest BCUT2D eigenvalue weighted by molar-refractivity contribution is 0.280. The summed E-state index contributed by atoms with van der Waals surface area (Å²) in [5.41, 5.74) is 7.83. The van der Waals surface area contributed by atoms with Gasteiger partial charge >= 0.3 is 0 Å². The Kier molecular flexibility index (Phi) is 5.17. The van der Waals surface area contributed by atoms with Crippen molar-refractivity contribution >= 4 is 0 Å².